The SMILES string of the molecule is CCOc1cc([C@@H]2c3sc(=O)[nH]c3S[C@H]3C(=O)N(c4ccc(F)cc4)C(=O)[C@@H]23)ccc1OCC(=O)Nc1ccc(C)cc1. The predicted octanol–water partition coefficient (Wildman–Crippen LogP) is 5.10. The van der Waals surface area contributed by atoms with Gasteiger partial charge in [-0.25, -0.2) is 9.29 Å². The van der Waals surface area contributed by atoms with Crippen LogP contribution in [0.5, 0.6) is 11.5 Å². The Hall–Kier alpha value is -4.42. The topological polar surface area (TPSA) is 118 Å². The monoisotopic (exact) mass is 619 g/mol. The molecule has 1 fully saturated rings. The second kappa shape index (κ2) is 11.7. The number of carbonyl (C=O) groups is 3. The van der Waals surface area contributed by atoms with Gasteiger partial charge in [-0.15, -0.1) is 0 Å². The first-order valence-corrected chi connectivity index (χ1v) is 15.2. The predicted molar refractivity (Wildman–Crippen MR) is 162 cm³/mol. The molecular weight excluding hydrogens is 593 g/mol. The highest BCUT2D eigenvalue weighted by atomic mass is 32.2. The first kappa shape index (κ1) is 28.7. The third-order valence-electron chi connectivity index (χ3n) is 7.23. The lowest BCUT2D eigenvalue weighted by Gasteiger charge is -2.30. The highest BCUT2D eigenvalue weighted by molar-refractivity contribution is 8.00. The van der Waals surface area contributed by atoms with E-state index in [0.29, 0.717) is 39.3 Å². The van der Waals surface area contributed by atoms with Crippen molar-refractivity contribution >= 4 is 52.2 Å². The smallest absolute Gasteiger partial charge is 0.305 e. The van der Waals surface area contributed by atoms with Crippen LogP contribution in [0.3, 0.4) is 0 Å². The van der Waals surface area contributed by atoms with E-state index >= 15 is 0 Å². The van der Waals surface area contributed by atoms with Gasteiger partial charge in [0.1, 0.15) is 11.1 Å². The molecule has 0 bridgehead atoms. The van der Waals surface area contributed by atoms with Gasteiger partial charge in [0.15, 0.2) is 18.1 Å². The molecule has 43 heavy (non-hydrogen) atoms. The van der Waals surface area contributed by atoms with E-state index in [-0.39, 0.29) is 23.1 Å². The summed E-state index contributed by atoms with van der Waals surface area (Å²) in [5, 5.41) is 2.53. The Morgan fingerprint density at radius 1 is 0.977 bits per heavy atom. The maximum Gasteiger partial charge on any atom is 0.305 e. The third kappa shape index (κ3) is 5.55. The second-order valence-electron chi connectivity index (χ2n) is 10.1. The van der Waals surface area contributed by atoms with Crippen LogP contribution in [0.2, 0.25) is 0 Å². The quantitative estimate of drug-likeness (QED) is 0.264. The molecule has 3 atom stereocenters. The van der Waals surface area contributed by atoms with Crippen molar-refractivity contribution in [1.29, 1.82) is 0 Å². The van der Waals surface area contributed by atoms with Crippen LogP contribution in [-0.2, 0) is 14.4 Å². The van der Waals surface area contributed by atoms with Gasteiger partial charge in [-0.05, 0) is 67.9 Å². The molecule has 0 spiro atoms. The van der Waals surface area contributed by atoms with Crippen molar-refractivity contribution in [3.05, 3.63) is 98.2 Å². The van der Waals surface area contributed by atoms with E-state index in [4.69, 9.17) is 9.47 Å². The van der Waals surface area contributed by atoms with Crippen LogP contribution in [0.4, 0.5) is 15.8 Å². The molecule has 3 aromatic carbocycles. The third-order valence-corrected chi connectivity index (χ3v) is 9.63. The molecule has 12 heteroatoms. The minimum atomic E-state index is -0.817. The maximum absolute atomic E-state index is 13.9. The number of aromatic amines is 1. The Morgan fingerprint density at radius 3 is 2.44 bits per heavy atom. The number of hydrogen-bond acceptors (Lipinski definition) is 8. The van der Waals surface area contributed by atoms with Gasteiger partial charge in [-0.3, -0.25) is 19.2 Å². The number of aromatic nitrogens is 1. The molecule has 220 valence electrons. The van der Waals surface area contributed by atoms with E-state index in [9.17, 15) is 23.6 Å². The fourth-order valence-electron chi connectivity index (χ4n) is 5.30. The number of anilines is 2. The Bertz CT molecular complexity index is 1770. The zero-order valence-corrected chi connectivity index (χ0v) is 24.7. The molecule has 4 aromatic rings. The van der Waals surface area contributed by atoms with E-state index in [1.54, 1.807) is 30.3 Å². The van der Waals surface area contributed by atoms with Crippen molar-refractivity contribution in [1.82, 2.24) is 4.98 Å². The molecule has 0 saturated carbocycles. The average molecular weight is 620 g/mol. The number of halogens is 1. The lowest BCUT2D eigenvalue weighted by molar-refractivity contribution is -0.122. The number of ether oxygens (including phenoxy) is 2. The fourth-order valence-corrected chi connectivity index (χ4v) is 7.82. The number of nitrogens with one attached hydrogen (secondary N) is 2. The Labute approximate surface area is 254 Å². The van der Waals surface area contributed by atoms with Gasteiger partial charge in [0.25, 0.3) is 5.91 Å². The zero-order valence-electron chi connectivity index (χ0n) is 23.1. The van der Waals surface area contributed by atoms with Crippen molar-refractivity contribution in [2.24, 2.45) is 5.92 Å². The highest BCUT2D eigenvalue weighted by Gasteiger charge is 2.56. The number of fused-ring (bicyclic) bond motifs is 2. The first-order chi connectivity index (χ1) is 20.7. The van der Waals surface area contributed by atoms with Crippen molar-refractivity contribution in [2.75, 3.05) is 23.4 Å². The summed E-state index contributed by atoms with van der Waals surface area (Å²) in [6, 6.07) is 17.7. The number of imide groups is 1. The van der Waals surface area contributed by atoms with E-state index in [1.807, 2.05) is 26.0 Å². The minimum absolute atomic E-state index is 0.263. The number of hydrogen-bond donors (Lipinski definition) is 2. The lowest BCUT2D eigenvalue weighted by atomic mass is 9.83. The summed E-state index contributed by atoms with van der Waals surface area (Å²) in [5.41, 5.74) is 2.65. The van der Waals surface area contributed by atoms with Crippen molar-refractivity contribution in [2.45, 2.75) is 30.0 Å². The van der Waals surface area contributed by atoms with Crippen LogP contribution < -0.4 is 24.6 Å². The van der Waals surface area contributed by atoms with Crippen molar-refractivity contribution in [3.63, 3.8) is 0 Å². The fraction of sp³-hybridized carbons (Fsp3) is 0.226. The molecule has 0 aliphatic carbocycles. The average Bonchev–Trinajstić information content (AvgIpc) is 3.48. The molecule has 1 aromatic heterocycles. The molecule has 3 heterocycles. The lowest BCUT2D eigenvalue weighted by Crippen LogP contribution is -2.32. The number of carbonyl (C=O) groups excluding carboxylic acids is 3. The normalized spacial score (nSPS) is 19.1. The van der Waals surface area contributed by atoms with Gasteiger partial charge in [0, 0.05) is 16.5 Å². The molecule has 0 unspecified atom stereocenters. The summed E-state index contributed by atoms with van der Waals surface area (Å²) in [7, 11) is 0. The van der Waals surface area contributed by atoms with Crippen molar-refractivity contribution in [3.8, 4) is 11.5 Å². The molecule has 6 rings (SSSR count). The molecule has 0 radical (unpaired) electrons. The highest BCUT2D eigenvalue weighted by Crippen LogP contribution is 2.53. The van der Waals surface area contributed by atoms with Crippen LogP contribution in [-0.4, -0.2) is 41.2 Å². The van der Waals surface area contributed by atoms with Gasteiger partial charge >= 0.3 is 4.87 Å². The number of nitrogens with zero attached hydrogens (tertiary/aromatic N) is 1. The molecule has 2 aliphatic rings. The number of H-pyrrole nitrogens is 1. The number of amides is 3. The second-order valence-corrected chi connectivity index (χ2v) is 12.2. The number of rotatable bonds is 8. The number of thioether (sulfide) groups is 1. The summed E-state index contributed by atoms with van der Waals surface area (Å²) < 4.78 is 25.3. The number of thiazole rings is 1. The van der Waals surface area contributed by atoms with Crippen LogP contribution in [0, 0.1) is 18.7 Å². The largest absolute Gasteiger partial charge is 0.490 e. The summed E-state index contributed by atoms with van der Waals surface area (Å²) in [6.07, 6.45) is 0. The summed E-state index contributed by atoms with van der Waals surface area (Å²) in [4.78, 5) is 56.7. The van der Waals surface area contributed by atoms with Gasteiger partial charge < -0.3 is 19.8 Å². The molecule has 9 nitrogen and oxygen atoms in total. The molecule has 3 amide bonds. The molecule has 2 N–H and O–H groups in total. The van der Waals surface area contributed by atoms with E-state index in [2.05, 4.69) is 10.3 Å². The van der Waals surface area contributed by atoms with E-state index in [0.717, 1.165) is 33.6 Å². The van der Waals surface area contributed by atoms with Gasteiger partial charge in [0.05, 0.1) is 23.2 Å². The van der Waals surface area contributed by atoms with Crippen LogP contribution in [0.15, 0.2) is 76.6 Å². The number of benzene rings is 3. The Balaban J connectivity index is 1.31. The Kier molecular flexibility index (Phi) is 7.80. The number of aryl methyl sites for hydroxylation is 1. The van der Waals surface area contributed by atoms with Crippen LogP contribution in [0.25, 0.3) is 0 Å². The standard InChI is InChI=1S/C31H26FN3O6S2/c1-3-40-22-14-17(6-13-21(22)41-15-23(36)33-19-9-4-16(2)5-10-19)24-25-27(42-28-26(24)43-31(39)34-28)30(38)35(29(25)37)20-11-7-18(32)8-12-20/h4-14,24-25,27H,3,15H2,1-2H3,(H,33,36)(H,34,39)/t24-,25-,27+/m0/s1. The van der Waals surface area contributed by atoms with Gasteiger partial charge in [0.2, 0.25) is 11.8 Å². The minimum Gasteiger partial charge on any atom is -0.490 e. The van der Waals surface area contributed by atoms with Gasteiger partial charge in [-0.1, -0.05) is 46.9 Å². The van der Waals surface area contributed by atoms with Crippen LogP contribution in [0.1, 0.15) is 28.8 Å². The van der Waals surface area contributed by atoms with Crippen LogP contribution >= 0.6 is 23.1 Å². The van der Waals surface area contributed by atoms with Crippen molar-refractivity contribution < 1.29 is 28.2 Å². The van der Waals surface area contributed by atoms with Gasteiger partial charge in [-0.2, -0.15) is 0 Å². The Morgan fingerprint density at radius 2 is 1.72 bits per heavy atom. The van der Waals surface area contributed by atoms with E-state index < -0.39 is 34.7 Å². The summed E-state index contributed by atoms with van der Waals surface area (Å²) in [5.74, 6) is -2.46. The molecule has 1 saturated heterocycles. The first-order valence-electron chi connectivity index (χ1n) is 13.5. The maximum atomic E-state index is 13.9. The van der Waals surface area contributed by atoms with E-state index in [1.165, 1.54) is 24.3 Å². The zero-order chi connectivity index (χ0) is 30.2. The molecular formula is C31H26FN3O6S2. The summed E-state index contributed by atoms with van der Waals surface area (Å²) >= 11 is 2.15. The summed E-state index contributed by atoms with van der Waals surface area (Å²) in [6.45, 7) is 3.81. The molecule has 2 aliphatic heterocycles.